The summed E-state index contributed by atoms with van der Waals surface area (Å²) in [5, 5.41) is 13.8. The third-order valence-electron chi connectivity index (χ3n) is 8.73. The van der Waals surface area contributed by atoms with Crippen molar-refractivity contribution in [1.29, 1.82) is 0 Å². The van der Waals surface area contributed by atoms with Crippen LogP contribution >= 0.6 is 0 Å². The van der Waals surface area contributed by atoms with Gasteiger partial charge in [0.15, 0.2) is 0 Å². The first-order valence-electron chi connectivity index (χ1n) is 12.1. The number of carbonyl (C=O) groups is 3. The van der Waals surface area contributed by atoms with Gasteiger partial charge in [-0.1, -0.05) is 0 Å². The van der Waals surface area contributed by atoms with Crippen molar-refractivity contribution in [2.45, 2.75) is 64.0 Å². The summed E-state index contributed by atoms with van der Waals surface area (Å²) in [6.07, 6.45) is 6.35. The number of aliphatic hydroxyl groups excluding tert-OH is 1. The van der Waals surface area contributed by atoms with Gasteiger partial charge >= 0.3 is 6.03 Å². The molecule has 4 bridgehead atoms. The van der Waals surface area contributed by atoms with Crippen LogP contribution in [0.4, 0.5) is 4.79 Å². The first-order chi connectivity index (χ1) is 14.8. The van der Waals surface area contributed by atoms with E-state index in [0.29, 0.717) is 38.6 Å². The second kappa shape index (κ2) is 7.94. The molecular formula is C23H36N4O4. The van der Waals surface area contributed by atoms with E-state index in [2.05, 4.69) is 5.32 Å². The highest BCUT2D eigenvalue weighted by Crippen LogP contribution is 2.60. The summed E-state index contributed by atoms with van der Waals surface area (Å²) in [6, 6.07) is 0.0294. The van der Waals surface area contributed by atoms with Gasteiger partial charge < -0.3 is 25.1 Å². The first-order valence-corrected chi connectivity index (χ1v) is 12.1. The Morgan fingerprint density at radius 1 is 0.903 bits per heavy atom. The molecule has 2 unspecified atom stereocenters. The molecule has 4 saturated carbocycles. The van der Waals surface area contributed by atoms with Gasteiger partial charge in [-0.2, -0.15) is 0 Å². The highest BCUT2D eigenvalue weighted by molar-refractivity contribution is 5.83. The van der Waals surface area contributed by atoms with Gasteiger partial charge in [0.05, 0.1) is 11.5 Å². The fraction of sp³-hybridized carbons (Fsp3) is 0.870. The summed E-state index contributed by atoms with van der Waals surface area (Å²) < 4.78 is 0. The third-order valence-corrected chi connectivity index (χ3v) is 8.73. The third kappa shape index (κ3) is 3.81. The van der Waals surface area contributed by atoms with Crippen molar-refractivity contribution in [2.75, 3.05) is 39.3 Å². The first kappa shape index (κ1) is 21.0. The Balaban J connectivity index is 1.17. The Bertz CT molecular complexity index is 734. The van der Waals surface area contributed by atoms with E-state index in [4.69, 9.17) is 0 Å². The molecule has 0 aromatic rings. The average molecular weight is 433 g/mol. The highest BCUT2D eigenvalue weighted by Gasteiger charge is 2.58. The lowest BCUT2D eigenvalue weighted by atomic mass is 9.48. The van der Waals surface area contributed by atoms with Gasteiger partial charge in [0.25, 0.3) is 0 Å². The lowest BCUT2D eigenvalue weighted by Gasteiger charge is -2.58. The number of piperazine rings is 1. The van der Waals surface area contributed by atoms with Crippen molar-refractivity contribution in [2.24, 2.45) is 23.2 Å². The topological polar surface area (TPSA) is 93.2 Å². The molecule has 4 aliphatic carbocycles. The number of rotatable bonds is 2. The van der Waals surface area contributed by atoms with E-state index in [9.17, 15) is 19.5 Å². The van der Waals surface area contributed by atoms with Gasteiger partial charge in [-0.05, 0) is 62.7 Å². The van der Waals surface area contributed by atoms with Crippen LogP contribution < -0.4 is 5.32 Å². The molecule has 2 saturated heterocycles. The minimum Gasteiger partial charge on any atom is -0.393 e. The number of amides is 4. The molecule has 172 valence electrons. The van der Waals surface area contributed by atoms with Crippen LogP contribution in [0.25, 0.3) is 0 Å². The average Bonchev–Trinajstić information content (AvgIpc) is 2.76. The molecule has 2 N–H and O–H groups in total. The lowest BCUT2D eigenvalue weighted by molar-refractivity contribution is -0.164. The molecular weight excluding hydrogens is 396 g/mol. The van der Waals surface area contributed by atoms with Gasteiger partial charge in [0, 0.05) is 52.2 Å². The summed E-state index contributed by atoms with van der Waals surface area (Å²) >= 11 is 0. The summed E-state index contributed by atoms with van der Waals surface area (Å²) in [6.45, 7) is 5.18. The van der Waals surface area contributed by atoms with Crippen LogP contribution in [0.2, 0.25) is 0 Å². The van der Waals surface area contributed by atoms with Crippen molar-refractivity contribution in [3.8, 4) is 0 Å². The molecule has 2 heterocycles. The minimum atomic E-state index is -0.301. The van der Waals surface area contributed by atoms with Crippen molar-refractivity contribution < 1.29 is 19.5 Å². The minimum absolute atomic E-state index is 0.00152. The van der Waals surface area contributed by atoms with Crippen molar-refractivity contribution in [3.63, 3.8) is 0 Å². The fourth-order valence-corrected chi connectivity index (χ4v) is 7.30. The van der Waals surface area contributed by atoms with Crippen LogP contribution in [0.3, 0.4) is 0 Å². The maximum atomic E-state index is 13.4. The molecule has 6 rings (SSSR count). The SMILES string of the molecule is CC(=O)N1CCN(C(=O)N2CCC[C@H](NC(=O)C34CC5CC(C3)C(O)C(C5)C4)C2)CC1. The number of carbonyl (C=O) groups excluding carboxylic acids is 3. The molecule has 0 aromatic heterocycles. The van der Waals surface area contributed by atoms with E-state index in [-0.39, 0.29) is 47.2 Å². The normalized spacial score (nSPS) is 39.5. The predicted octanol–water partition coefficient (Wildman–Crippen LogP) is 1.04. The van der Waals surface area contributed by atoms with Gasteiger partial charge in [-0.15, -0.1) is 0 Å². The molecule has 3 atom stereocenters. The number of aliphatic hydroxyl groups is 1. The molecule has 0 spiro atoms. The zero-order valence-electron chi connectivity index (χ0n) is 18.6. The summed E-state index contributed by atoms with van der Waals surface area (Å²) in [7, 11) is 0. The van der Waals surface area contributed by atoms with Crippen LogP contribution in [0.5, 0.6) is 0 Å². The van der Waals surface area contributed by atoms with Crippen molar-refractivity contribution >= 4 is 17.8 Å². The van der Waals surface area contributed by atoms with Crippen LogP contribution in [0.1, 0.15) is 51.9 Å². The predicted molar refractivity (Wildman–Crippen MR) is 114 cm³/mol. The van der Waals surface area contributed by atoms with Gasteiger partial charge in [0.1, 0.15) is 0 Å². The summed E-state index contributed by atoms with van der Waals surface area (Å²) in [4.78, 5) is 43.5. The van der Waals surface area contributed by atoms with Gasteiger partial charge in [-0.3, -0.25) is 9.59 Å². The van der Waals surface area contributed by atoms with Crippen LogP contribution in [0.15, 0.2) is 0 Å². The maximum Gasteiger partial charge on any atom is 0.320 e. The Morgan fingerprint density at radius 2 is 1.55 bits per heavy atom. The number of nitrogens with one attached hydrogen (secondary N) is 1. The molecule has 0 radical (unpaired) electrons. The smallest absolute Gasteiger partial charge is 0.320 e. The Kier molecular flexibility index (Phi) is 5.39. The zero-order chi connectivity index (χ0) is 21.8. The summed E-state index contributed by atoms with van der Waals surface area (Å²) in [5.74, 6) is 1.38. The van der Waals surface area contributed by atoms with E-state index in [0.717, 1.165) is 51.5 Å². The maximum absolute atomic E-state index is 13.4. The largest absolute Gasteiger partial charge is 0.393 e. The number of likely N-dealkylation sites (tertiary alicyclic amines) is 1. The molecule has 6 aliphatic rings. The molecule has 4 amide bonds. The van der Waals surface area contributed by atoms with Gasteiger partial charge in [0.2, 0.25) is 11.8 Å². The molecule has 8 nitrogen and oxygen atoms in total. The molecule has 0 aromatic carbocycles. The van der Waals surface area contributed by atoms with E-state index in [1.165, 1.54) is 0 Å². The number of piperidine rings is 1. The molecule has 8 heteroatoms. The van der Waals surface area contributed by atoms with Crippen LogP contribution in [-0.4, -0.2) is 89.1 Å². The second-order valence-electron chi connectivity index (χ2n) is 10.8. The van der Waals surface area contributed by atoms with Crippen molar-refractivity contribution in [1.82, 2.24) is 20.0 Å². The van der Waals surface area contributed by atoms with E-state index < -0.39 is 0 Å². The van der Waals surface area contributed by atoms with Gasteiger partial charge in [-0.25, -0.2) is 4.79 Å². The standard InChI is InChI=1S/C23H36N4O4/c1-15(28)25-5-7-26(8-6-25)22(31)27-4-2-3-19(14-27)24-21(30)23-11-16-9-17(12-23)20(29)18(10-16)13-23/h16-20,29H,2-14H2,1H3,(H,24,30)/t16?,17?,18?,19-,20?,23?/m0/s1. The van der Waals surface area contributed by atoms with Crippen molar-refractivity contribution in [3.05, 3.63) is 0 Å². The highest BCUT2D eigenvalue weighted by atomic mass is 16.3. The van der Waals surface area contributed by atoms with Crippen LogP contribution in [-0.2, 0) is 9.59 Å². The number of urea groups is 1. The monoisotopic (exact) mass is 432 g/mol. The molecule has 6 fully saturated rings. The second-order valence-corrected chi connectivity index (χ2v) is 10.8. The van der Waals surface area contributed by atoms with E-state index in [1.807, 2.05) is 9.80 Å². The molecule has 2 aliphatic heterocycles. The quantitative estimate of drug-likeness (QED) is 0.682. The Morgan fingerprint density at radius 3 is 2.19 bits per heavy atom. The van der Waals surface area contributed by atoms with E-state index >= 15 is 0 Å². The number of nitrogens with zero attached hydrogens (tertiary/aromatic N) is 3. The van der Waals surface area contributed by atoms with Crippen LogP contribution in [0, 0.1) is 23.2 Å². The molecule has 31 heavy (non-hydrogen) atoms. The van der Waals surface area contributed by atoms with E-state index in [1.54, 1.807) is 11.8 Å². The number of hydrogen-bond donors (Lipinski definition) is 2. The fourth-order valence-electron chi connectivity index (χ4n) is 7.30. The number of hydrogen-bond acceptors (Lipinski definition) is 4. The zero-order valence-corrected chi connectivity index (χ0v) is 18.6. The Labute approximate surface area is 184 Å². The lowest BCUT2D eigenvalue weighted by Crippen LogP contribution is -2.61. The summed E-state index contributed by atoms with van der Waals surface area (Å²) in [5.41, 5.74) is -0.301. The Hall–Kier alpha value is -1.83.